The summed E-state index contributed by atoms with van der Waals surface area (Å²) >= 11 is 1.31. The summed E-state index contributed by atoms with van der Waals surface area (Å²) in [5.41, 5.74) is 15.6. The Kier molecular flexibility index (Phi) is 5.38. The van der Waals surface area contributed by atoms with Crippen molar-refractivity contribution in [2.75, 3.05) is 37.0 Å². The molecule has 3 atom stereocenters. The summed E-state index contributed by atoms with van der Waals surface area (Å²) in [6, 6.07) is 9.49. The van der Waals surface area contributed by atoms with E-state index in [2.05, 4.69) is 15.2 Å². The number of benzene rings is 1. The number of hydrogen-bond acceptors (Lipinski definition) is 7. The Morgan fingerprint density at radius 2 is 2.19 bits per heavy atom. The number of nitrogen functional groups attached to an aromatic ring is 1. The molecule has 2 aliphatic rings. The molecule has 32 heavy (non-hydrogen) atoms. The highest BCUT2D eigenvalue weighted by molar-refractivity contribution is 7.21. The largest absolute Gasteiger partial charge is 0.491 e. The van der Waals surface area contributed by atoms with Gasteiger partial charge < -0.3 is 26.4 Å². The van der Waals surface area contributed by atoms with Crippen LogP contribution >= 0.6 is 11.3 Å². The Labute approximate surface area is 189 Å². The molecule has 1 aromatic carbocycles. The van der Waals surface area contributed by atoms with Crippen molar-refractivity contribution in [2.45, 2.75) is 25.4 Å². The molecule has 9 heteroatoms. The van der Waals surface area contributed by atoms with E-state index >= 15 is 0 Å². The molecular weight excluding hydrogens is 429 g/mol. The predicted octanol–water partition coefficient (Wildman–Crippen LogP) is 2.65. The maximum absolute atomic E-state index is 13.1. The van der Waals surface area contributed by atoms with E-state index in [1.54, 1.807) is 0 Å². The number of amides is 1. The van der Waals surface area contributed by atoms with Crippen LogP contribution in [0.1, 0.15) is 20.9 Å². The number of thiophene rings is 1. The number of halogens is 1. The molecule has 0 bridgehead atoms. The lowest BCUT2D eigenvalue weighted by atomic mass is 10.0. The van der Waals surface area contributed by atoms with Crippen molar-refractivity contribution in [2.24, 2.45) is 11.7 Å². The van der Waals surface area contributed by atoms with Gasteiger partial charge in [-0.25, -0.2) is 4.98 Å². The molecule has 2 aromatic heterocycles. The van der Waals surface area contributed by atoms with Gasteiger partial charge in [0.2, 0.25) is 0 Å². The zero-order chi connectivity index (χ0) is 22.4. The maximum Gasteiger partial charge on any atom is 0.263 e. The fourth-order valence-electron chi connectivity index (χ4n) is 4.43. The van der Waals surface area contributed by atoms with E-state index in [1.165, 1.54) is 11.3 Å². The van der Waals surface area contributed by atoms with Crippen LogP contribution in [0.5, 0.6) is 5.75 Å². The molecule has 5 N–H and O–H groups in total. The topological polar surface area (TPSA) is 106 Å². The Morgan fingerprint density at radius 1 is 1.34 bits per heavy atom. The minimum atomic E-state index is -0.402. The molecule has 0 unspecified atom stereocenters. The SMILES string of the molecule is Cc1ccc2c(N)c(C(=O)N[C@H]3COc4cc(N5C[C@@H](CF)[C@@H](N)C5)ccc4C3)sc2n1. The van der Waals surface area contributed by atoms with Crippen molar-refractivity contribution >= 4 is 38.8 Å². The van der Waals surface area contributed by atoms with Crippen LogP contribution in [0.15, 0.2) is 30.3 Å². The molecule has 0 saturated carbocycles. The number of anilines is 2. The highest BCUT2D eigenvalue weighted by Crippen LogP contribution is 2.34. The third-order valence-electron chi connectivity index (χ3n) is 6.29. The van der Waals surface area contributed by atoms with Crippen LogP contribution in [-0.2, 0) is 6.42 Å². The molecule has 1 fully saturated rings. The van der Waals surface area contributed by atoms with E-state index in [4.69, 9.17) is 16.2 Å². The van der Waals surface area contributed by atoms with Crippen LogP contribution < -0.4 is 26.4 Å². The van der Waals surface area contributed by atoms with Gasteiger partial charge in [-0.2, -0.15) is 0 Å². The van der Waals surface area contributed by atoms with Crippen molar-refractivity contribution in [3.05, 3.63) is 46.5 Å². The average Bonchev–Trinajstić information content (AvgIpc) is 3.32. The number of nitrogens with one attached hydrogen (secondary N) is 1. The van der Waals surface area contributed by atoms with Crippen LogP contribution in [-0.4, -0.2) is 49.3 Å². The molecular formula is C23H26FN5O2S. The number of pyridine rings is 1. The van der Waals surface area contributed by atoms with E-state index in [1.807, 2.05) is 37.3 Å². The zero-order valence-corrected chi connectivity index (χ0v) is 18.6. The van der Waals surface area contributed by atoms with E-state index in [0.717, 1.165) is 32.9 Å². The third kappa shape index (κ3) is 3.75. The number of aromatic nitrogens is 1. The number of alkyl halides is 1. The average molecular weight is 456 g/mol. The summed E-state index contributed by atoms with van der Waals surface area (Å²) in [7, 11) is 0. The first kappa shape index (κ1) is 21.0. The lowest BCUT2D eigenvalue weighted by Gasteiger charge is -2.28. The summed E-state index contributed by atoms with van der Waals surface area (Å²) in [6.45, 7) is 3.13. The predicted molar refractivity (Wildman–Crippen MR) is 125 cm³/mol. The van der Waals surface area contributed by atoms with Crippen LogP contribution in [0, 0.1) is 12.8 Å². The number of carbonyl (C=O) groups is 1. The second-order valence-corrected chi connectivity index (χ2v) is 9.61. The molecule has 0 aliphatic carbocycles. The van der Waals surface area contributed by atoms with Crippen molar-refractivity contribution in [1.29, 1.82) is 0 Å². The molecule has 168 valence electrons. The zero-order valence-electron chi connectivity index (χ0n) is 17.8. The fourth-order valence-corrected chi connectivity index (χ4v) is 5.47. The minimum Gasteiger partial charge on any atom is -0.491 e. The van der Waals surface area contributed by atoms with Crippen molar-refractivity contribution in [3.63, 3.8) is 0 Å². The van der Waals surface area contributed by atoms with Gasteiger partial charge in [-0.05, 0) is 37.1 Å². The molecule has 7 nitrogen and oxygen atoms in total. The minimum absolute atomic E-state index is 0.132. The summed E-state index contributed by atoms with van der Waals surface area (Å²) in [6.07, 6.45) is 0.663. The van der Waals surface area contributed by atoms with E-state index in [-0.39, 0.29) is 23.9 Å². The van der Waals surface area contributed by atoms with E-state index in [0.29, 0.717) is 36.7 Å². The van der Waals surface area contributed by atoms with E-state index < -0.39 is 6.67 Å². The number of nitrogens with zero attached hydrogens (tertiary/aromatic N) is 2. The van der Waals surface area contributed by atoms with Crippen molar-refractivity contribution in [3.8, 4) is 5.75 Å². The highest BCUT2D eigenvalue weighted by atomic mass is 32.1. The van der Waals surface area contributed by atoms with Gasteiger partial charge in [0.1, 0.15) is 22.1 Å². The molecule has 3 aromatic rings. The summed E-state index contributed by atoms with van der Waals surface area (Å²) in [4.78, 5) is 20.7. The number of carbonyl (C=O) groups excluding carboxylic acids is 1. The smallest absolute Gasteiger partial charge is 0.263 e. The number of fused-ring (bicyclic) bond motifs is 2. The Hall–Kier alpha value is -2.91. The van der Waals surface area contributed by atoms with E-state index in [9.17, 15) is 9.18 Å². The van der Waals surface area contributed by atoms with Gasteiger partial charge in [-0.15, -0.1) is 11.3 Å². The molecule has 0 radical (unpaired) electrons. The lowest BCUT2D eigenvalue weighted by Crippen LogP contribution is -2.42. The molecule has 1 saturated heterocycles. The lowest BCUT2D eigenvalue weighted by molar-refractivity contribution is 0.0920. The molecule has 0 spiro atoms. The third-order valence-corrected chi connectivity index (χ3v) is 7.40. The van der Waals surface area contributed by atoms with Gasteiger partial charge in [-0.3, -0.25) is 9.18 Å². The van der Waals surface area contributed by atoms with Gasteiger partial charge in [0, 0.05) is 47.9 Å². The van der Waals surface area contributed by atoms with Crippen LogP contribution in [0.3, 0.4) is 0 Å². The van der Waals surface area contributed by atoms with Crippen LogP contribution in [0.4, 0.5) is 15.8 Å². The van der Waals surface area contributed by atoms with Gasteiger partial charge in [0.25, 0.3) is 5.91 Å². The summed E-state index contributed by atoms with van der Waals surface area (Å²) < 4.78 is 19.1. The number of aryl methyl sites for hydroxylation is 1. The molecule has 2 aliphatic heterocycles. The number of rotatable bonds is 4. The quantitative estimate of drug-likeness (QED) is 0.559. The Balaban J connectivity index is 1.28. The van der Waals surface area contributed by atoms with Gasteiger partial charge in [0.15, 0.2) is 0 Å². The van der Waals surface area contributed by atoms with Gasteiger partial charge >= 0.3 is 0 Å². The standard InChI is InChI=1S/C23H26FN5O2S/c1-12-2-5-17-20(26)21(32-23(17)27-12)22(30)28-15-6-13-3-4-16(7-19(13)31-11-15)29-9-14(8-24)18(25)10-29/h2-5,7,14-15,18H,6,8-11,25-26H2,1H3,(H,28,30)/t14-,15-,18+/m1/s1. The molecule has 1 amide bonds. The first-order valence-electron chi connectivity index (χ1n) is 10.7. The Bertz CT molecular complexity index is 1180. The molecule has 5 rings (SSSR count). The summed E-state index contributed by atoms with van der Waals surface area (Å²) in [5, 5.41) is 3.86. The first-order valence-corrected chi connectivity index (χ1v) is 11.5. The van der Waals surface area contributed by atoms with Crippen molar-refractivity contribution in [1.82, 2.24) is 10.3 Å². The number of hydrogen-bond donors (Lipinski definition) is 3. The second kappa shape index (κ2) is 8.22. The number of nitrogens with two attached hydrogens (primary N) is 2. The fraction of sp³-hybridized carbons (Fsp3) is 0.391. The maximum atomic E-state index is 13.1. The summed E-state index contributed by atoms with van der Waals surface area (Å²) in [5.74, 6) is 0.457. The monoisotopic (exact) mass is 455 g/mol. The van der Waals surface area contributed by atoms with Gasteiger partial charge in [-0.1, -0.05) is 6.07 Å². The second-order valence-electron chi connectivity index (χ2n) is 8.61. The Morgan fingerprint density at radius 3 is 2.97 bits per heavy atom. The van der Waals surface area contributed by atoms with Crippen molar-refractivity contribution < 1.29 is 13.9 Å². The number of ether oxygens (including phenoxy) is 1. The highest BCUT2D eigenvalue weighted by Gasteiger charge is 2.31. The van der Waals surface area contributed by atoms with Gasteiger partial charge in [0.05, 0.1) is 18.4 Å². The van der Waals surface area contributed by atoms with Crippen LogP contribution in [0.25, 0.3) is 10.2 Å². The first-order chi connectivity index (χ1) is 15.4. The normalized spacial score (nSPS) is 22.6. The van der Waals surface area contributed by atoms with Crippen LogP contribution in [0.2, 0.25) is 0 Å². The molecule has 4 heterocycles.